The third-order valence-corrected chi connectivity index (χ3v) is 2.39. The maximum absolute atomic E-state index is 13.4. The summed E-state index contributed by atoms with van der Waals surface area (Å²) < 4.78 is 13.4. The van der Waals surface area contributed by atoms with Gasteiger partial charge in [-0.25, -0.2) is 4.39 Å². The van der Waals surface area contributed by atoms with E-state index in [4.69, 9.17) is 5.11 Å². The Morgan fingerprint density at radius 1 is 1.19 bits per heavy atom. The van der Waals surface area contributed by atoms with Crippen LogP contribution in [0.3, 0.4) is 0 Å². The molecule has 0 amide bonds. The highest BCUT2D eigenvalue weighted by Gasteiger charge is 2.14. The summed E-state index contributed by atoms with van der Waals surface area (Å²) in [6, 6.07) is 4.29. The van der Waals surface area contributed by atoms with E-state index in [0.717, 1.165) is 32.2 Å². The lowest BCUT2D eigenvalue weighted by molar-refractivity contribution is 0.468. The van der Waals surface area contributed by atoms with Gasteiger partial charge in [0.15, 0.2) is 0 Å². The van der Waals surface area contributed by atoms with Gasteiger partial charge in [0.25, 0.3) is 0 Å². The number of benzene rings is 1. The van der Waals surface area contributed by atoms with Crippen LogP contribution in [0.25, 0.3) is 0 Å². The molecule has 0 aliphatic carbocycles. The van der Waals surface area contributed by atoms with Gasteiger partial charge in [0, 0.05) is 32.2 Å². The number of piperazine rings is 1. The number of aromatic hydroxyl groups is 1. The van der Waals surface area contributed by atoms with Gasteiger partial charge >= 0.3 is 0 Å². The van der Waals surface area contributed by atoms with E-state index in [1.807, 2.05) is 4.90 Å². The predicted molar refractivity (Wildman–Crippen MR) is 67.6 cm³/mol. The molecule has 0 unspecified atom stereocenters. The number of nitrogens with zero attached hydrogens (tertiary/aromatic N) is 1. The number of halogens is 3. The molecule has 1 saturated heterocycles. The molecule has 0 aromatic heterocycles. The smallest absolute Gasteiger partial charge is 0.150 e. The summed E-state index contributed by atoms with van der Waals surface area (Å²) in [5.74, 6) is -0.381. The van der Waals surface area contributed by atoms with E-state index >= 15 is 0 Å². The SMILES string of the molecule is Cl.Cl.Oc1ccc(N2CCNCC2)c(F)c1. The minimum absolute atomic E-state index is 0. The minimum atomic E-state index is -0.355. The third kappa shape index (κ3) is 3.40. The molecule has 1 aliphatic heterocycles. The van der Waals surface area contributed by atoms with Gasteiger partial charge in [-0.2, -0.15) is 0 Å². The molecule has 1 aromatic carbocycles. The lowest BCUT2D eigenvalue weighted by Gasteiger charge is -2.29. The maximum atomic E-state index is 13.4. The van der Waals surface area contributed by atoms with Crippen molar-refractivity contribution in [1.29, 1.82) is 0 Å². The van der Waals surface area contributed by atoms with Crippen LogP contribution in [0.1, 0.15) is 0 Å². The molecule has 0 spiro atoms. The van der Waals surface area contributed by atoms with Crippen molar-refractivity contribution < 1.29 is 9.50 Å². The van der Waals surface area contributed by atoms with Crippen molar-refractivity contribution in [2.45, 2.75) is 0 Å². The van der Waals surface area contributed by atoms with Crippen LogP contribution >= 0.6 is 24.8 Å². The number of phenols is 1. The molecule has 0 saturated carbocycles. The van der Waals surface area contributed by atoms with E-state index in [1.165, 1.54) is 6.07 Å². The first-order valence-corrected chi connectivity index (χ1v) is 4.71. The van der Waals surface area contributed by atoms with Crippen LogP contribution < -0.4 is 10.2 Å². The fourth-order valence-corrected chi connectivity index (χ4v) is 1.66. The number of phenolic OH excluding ortho intramolecular Hbond substituents is 1. The molecule has 1 fully saturated rings. The van der Waals surface area contributed by atoms with Gasteiger partial charge in [-0.05, 0) is 12.1 Å². The number of nitrogens with one attached hydrogen (secondary N) is 1. The fourth-order valence-electron chi connectivity index (χ4n) is 1.66. The Bertz CT molecular complexity index is 333. The van der Waals surface area contributed by atoms with Gasteiger partial charge in [0.2, 0.25) is 0 Å². The number of rotatable bonds is 1. The van der Waals surface area contributed by atoms with Crippen molar-refractivity contribution in [1.82, 2.24) is 5.32 Å². The second-order valence-corrected chi connectivity index (χ2v) is 3.37. The zero-order valence-electron chi connectivity index (χ0n) is 8.65. The molecule has 0 radical (unpaired) electrons. The van der Waals surface area contributed by atoms with Crippen LogP contribution in [0.15, 0.2) is 18.2 Å². The second-order valence-electron chi connectivity index (χ2n) is 3.37. The van der Waals surface area contributed by atoms with Gasteiger partial charge in [0.05, 0.1) is 5.69 Å². The Morgan fingerprint density at radius 3 is 2.38 bits per heavy atom. The highest BCUT2D eigenvalue weighted by atomic mass is 35.5. The van der Waals surface area contributed by atoms with Crippen molar-refractivity contribution in [3.05, 3.63) is 24.0 Å². The third-order valence-electron chi connectivity index (χ3n) is 2.39. The molecule has 16 heavy (non-hydrogen) atoms. The molecule has 1 aromatic rings. The summed E-state index contributed by atoms with van der Waals surface area (Å²) >= 11 is 0. The van der Waals surface area contributed by atoms with Gasteiger partial charge < -0.3 is 15.3 Å². The molecule has 0 bridgehead atoms. The first-order valence-electron chi connectivity index (χ1n) is 4.71. The Kier molecular flexibility index (Phi) is 6.48. The highest BCUT2D eigenvalue weighted by molar-refractivity contribution is 5.85. The fraction of sp³-hybridized carbons (Fsp3) is 0.400. The lowest BCUT2D eigenvalue weighted by atomic mass is 10.2. The van der Waals surface area contributed by atoms with Crippen LogP contribution in [0.5, 0.6) is 5.75 Å². The molecule has 1 aliphatic rings. The molecule has 3 nitrogen and oxygen atoms in total. The molecule has 2 N–H and O–H groups in total. The minimum Gasteiger partial charge on any atom is -0.508 e. The Labute approximate surface area is 106 Å². The summed E-state index contributed by atoms with van der Waals surface area (Å²) in [6.07, 6.45) is 0. The van der Waals surface area contributed by atoms with Crippen LogP contribution in [0.4, 0.5) is 10.1 Å². The molecule has 6 heteroatoms. The molecule has 2 rings (SSSR count). The van der Waals surface area contributed by atoms with E-state index in [-0.39, 0.29) is 36.4 Å². The summed E-state index contributed by atoms with van der Waals surface area (Å²) in [5.41, 5.74) is 0.573. The molecule has 0 atom stereocenters. The zero-order chi connectivity index (χ0) is 9.97. The zero-order valence-corrected chi connectivity index (χ0v) is 10.3. The quantitative estimate of drug-likeness (QED) is 0.815. The Morgan fingerprint density at radius 2 is 1.81 bits per heavy atom. The Hall–Kier alpha value is -0.710. The summed E-state index contributed by atoms with van der Waals surface area (Å²) in [4.78, 5) is 1.98. The summed E-state index contributed by atoms with van der Waals surface area (Å²) in [6.45, 7) is 3.37. The van der Waals surface area contributed by atoms with E-state index in [2.05, 4.69) is 5.32 Å². The Balaban J connectivity index is 0.00000112. The van der Waals surface area contributed by atoms with E-state index in [9.17, 15) is 4.39 Å². The van der Waals surface area contributed by atoms with Crippen molar-refractivity contribution >= 4 is 30.5 Å². The predicted octanol–water partition coefficient (Wildman–Crippen LogP) is 1.78. The number of hydrogen-bond donors (Lipinski definition) is 2. The van der Waals surface area contributed by atoms with Crippen molar-refractivity contribution in [2.75, 3.05) is 31.1 Å². The molecular weight excluding hydrogens is 254 g/mol. The molecular formula is C10H15Cl2FN2O. The van der Waals surface area contributed by atoms with Crippen molar-refractivity contribution in [3.63, 3.8) is 0 Å². The van der Waals surface area contributed by atoms with Crippen molar-refractivity contribution in [2.24, 2.45) is 0 Å². The molecule has 1 heterocycles. The first-order chi connectivity index (χ1) is 6.77. The van der Waals surface area contributed by atoms with Crippen LogP contribution in [0.2, 0.25) is 0 Å². The van der Waals surface area contributed by atoms with Gasteiger partial charge in [-0.15, -0.1) is 24.8 Å². The summed E-state index contributed by atoms with van der Waals surface area (Å²) in [7, 11) is 0. The first kappa shape index (κ1) is 15.3. The van der Waals surface area contributed by atoms with Gasteiger partial charge in [-0.3, -0.25) is 0 Å². The van der Waals surface area contributed by atoms with Gasteiger partial charge in [0.1, 0.15) is 11.6 Å². The number of anilines is 1. The largest absolute Gasteiger partial charge is 0.508 e. The molecule has 92 valence electrons. The topological polar surface area (TPSA) is 35.5 Å². The number of hydrogen-bond acceptors (Lipinski definition) is 3. The maximum Gasteiger partial charge on any atom is 0.150 e. The lowest BCUT2D eigenvalue weighted by Crippen LogP contribution is -2.43. The van der Waals surface area contributed by atoms with E-state index < -0.39 is 0 Å². The highest BCUT2D eigenvalue weighted by Crippen LogP contribution is 2.23. The van der Waals surface area contributed by atoms with E-state index in [0.29, 0.717) is 5.69 Å². The summed E-state index contributed by atoms with van der Waals surface area (Å²) in [5, 5.41) is 12.3. The average Bonchev–Trinajstić information content (AvgIpc) is 2.19. The second kappa shape index (κ2) is 6.78. The van der Waals surface area contributed by atoms with E-state index in [1.54, 1.807) is 6.07 Å². The van der Waals surface area contributed by atoms with Crippen LogP contribution in [-0.4, -0.2) is 31.3 Å². The van der Waals surface area contributed by atoms with Crippen LogP contribution in [0, 0.1) is 5.82 Å². The van der Waals surface area contributed by atoms with Crippen LogP contribution in [-0.2, 0) is 0 Å². The monoisotopic (exact) mass is 268 g/mol. The average molecular weight is 269 g/mol. The van der Waals surface area contributed by atoms with Crippen molar-refractivity contribution in [3.8, 4) is 5.75 Å². The van der Waals surface area contributed by atoms with Gasteiger partial charge in [-0.1, -0.05) is 0 Å². The normalized spacial score (nSPS) is 14.9. The standard InChI is InChI=1S/C10H13FN2O.2ClH/c11-9-7-8(14)1-2-10(9)13-5-3-12-4-6-13;;/h1-2,7,12,14H,3-6H2;2*1H.